The van der Waals surface area contributed by atoms with Crippen LogP contribution >= 0.6 is 11.3 Å². The van der Waals surface area contributed by atoms with Crippen molar-refractivity contribution in [3.05, 3.63) is 77.2 Å². The van der Waals surface area contributed by atoms with Crippen molar-refractivity contribution in [3.63, 3.8) is 0 Å². The maximum Gasteiger partial charge on any atom is 0.253 e. The summed E-state index contributed by atoms with van der Waals surface area (Å²) in [6, 6.07) is 19.7. The number of para-hydroxylation sites is 1. The van der Waals surface area contributed by atoms with E-state index in [0.29, 0.717) is 12.1 Å². The maximum atomic E-state index is 12.0. The van der Waals surface area contributed by atoms with Crippen LogP contribution in [0.4, 0.5) is 5.82 Å². The molecule has 140 valence electrons. The van der Waals surface area contributed by atoms with Gasteiger partial charge in [0.1, 0.15) is 5.82 Å². The summed E-state index contributed by atoms with van der Waals surface area (Å²) in [5, 5.41) is 6.45. The minimum absolute atomic E-state index is 0.00175. The number of carbonyl (C=O) groups is 1. The van der Waals surface area contributed by atoms with Gasteiger partial charge in [0.2, 0.25) is 0 Å². The van der Waals surface area contributed by atoms with Crippen molar-refractivity contribution < 1.29 is 4.79 Å². The van der Waals surface area contributed by atoms with Gasteiger partial charge in [0.15, 0.2) is 5.82 Å². The number of nitrogens with zero attached hydrogens (tertiary/aromatic N) is 3. The molecule has 0 saturated carbocycles. The zero-order valence-corrected chi connectivity index (χ0v) is 16.5. The molecule has 5 nitrogen and oxygen atoms in total. The minimum Gasteiger partial charge on any atom is -0.365 e. The molecule has 0 atom stereocenters. The number of anilines is 1. The third-order valence-corrected chi connectivity index (χ3v) is 5.28. The second-order valence-electron chi connectivity index (χ2n) is 6.64. The van der Waals surface area contributed by atoms with E-state index < -0.39 is 0 Å². The first-order valence-corrected chi connectivity index (χ1v) is 9.85. The number of nitrogens with one attached hydrogen (secondary N) is 1. The second kappa shape index (κ2) is 7.78. The number of aromatic nitrogens is 2. The maximum absolute atomic E-state index is 12.0. The molecule has 2 aromatic carbocycles. The molecule has 1 amide bonds. The van der Waals surface area contributed by atoms with Crippen molar-refractivity contribution >= 4 is 34.0 Å². The van der Waals surface area contributed by atoms with Gasteiger partial charge in [-0.3, -0.25) is 4.79 Å². The Hall–Kier alpha value is -3.25. The lowest BCUT2D eigenvalue weighted by molar-refractivity contribution is 0.0827. The van der Waals surface area contributed by atoms with Gasteiger partial charge in [-0.05, 0) is 41.3 Å². The lowest BCUT2D eigenvalue weighted by Crippen LogP contribution is -2.21. The Morgan fingerprint density at radius 1 is 1.00 bits per heavy atom. The minimum atomic E-state index is 0.00175. The van der Waals surface area contributed by atoms with Crippen molar-refractivity contribution in [1.82, 2.24) is 14.9 Å². The normalized spacial score (nSPS) is 10.8. The molecule has 6 heteroatoms. The van der Waals surface area contributed by atoms with Crippen LogP contribution in [0.3, 0.4) is 0 Å². The van der Waals surface area contributed by atoms with Gasteiger partial charge < -0.3 is 10.2 Å². The lowest BCUT2D eigenvalue weighted by atomic mass is 10.1. The first-order valence-electron chi connectivity index (χ1n) is 8.97. The fourth-order valence-corrected chi connectivity index (χ4v) is 3.59. The predicted molar refractivity (Wildman–Crippen MR) is 115 cm³/mol. The molecular formula is C22H20N4OS. The van der Waals surface area contributed by atoms with E-state index in [0.717, 1.165) is 33.0 Å². The van der Waals surface area contributed by atoms with Gasteiger partial charge in [-0.15, -0.1) is 11.3 Å². The molecular weight excluding hydrogens is 368 g/mol. The van der Waals surface area contributed by atoms with Crippen LogP contribution in [0.2, 0.25) is 0 Å². The molecule has 2 aromatic heterocycles. The highest BCUT2D eigenvalue weighted by Crippen LogP contribution is 2.27. The van der Waals surface area contributed by atoms with Crippen LogP contribution < -0.4 is 5.32 Å². The third-order valence-electron chi connectivity index (χ3n) is 4.41. The first-order chi connectivity index (χ1) is 13.6. The van der Waals surface area contributed by atoms with Gasteiger partial charge in [0.05, 0.1) is 10.4 Å². The highest BCUT2D eigenvalue weighted by molar-refractivity contribution is 7.13. The van der Waals surface area contributed by atoms with Crippen molar-refractivity contribution in [2.45, 2.75) is 6.54 Å². The molecule has 2 heterocycles. The zero-order valence-electron chi connectivity index (χ0n) is 15.7. The average molecular weight is 388 g/mol. The van der Waals surface area contributed by atoms with Gasteiger partial charge >= 0.3 is 0 Å². The van der Waals surface area contributed by atoms with E-state index in [1.54, 1.807) is 30.3 Å². The van der Waals surface area contributed by atoms with Gasteiger partial charge in [-0.1, -0.05) is 30.3 Å². The van der Waals surface area contributed by atoms with Crippen LogP contribution in [0.1, 0.15) is 15.9 Å². The van der Waals surface area contributed by atoms with Crippen LogP contribution in [-0.4, -0.2) is 34.9 Å². The molecule has 0 saturated heterocycles. The largest absolute Gasteiger partial charge is 0.365 e. The zero-order chi connectivity index (χ0) is 19.5. The average Bonchev–Trinajstić information content (AvgIpc) is 3.26. The van der Waals surface area contributed by atoms with Gasteiger partial charge in [-0.25, -0.2) is 9.97 Å². The smallest absolute Gasteiger partial charge is 0.253 e. The van der Waals surface area contributed by atoms with Crippen LogP contribution in [0.15, 0.2) is 66.0 Å². The second-order valence-corrected chi connectivity index (χ2v) is 7.59. The summed E-state index contributed by atoms with van der Waals surface area (Å²) in [6.45, 7) is 0.612. The van der Waals surface area contributed by atoms with Crippen molar-refractivity contribution in [3.8, 4) is 10.7 Å². The van der Waals surface area contributed by atoms with E-state index in [4.69, 9.17) is 9.97 Å². The van der Waals surface area contributed by atoms with E-state index in [1.165, 1.54) is 0 Å². The fraction of sp³-hybridized carbons (Fsp3) is 0.136. The summed E-state index contributed by atoms with van der Waals surface area (Å²) in [5.74, 6) is 1.53. The van der Waals surface area contributed by atoms with Crippen molar-refractivity contribution in [1.29, 1.82) is 0 Å². The summed E-state index contributed by atoms with van der Waals surface area (Å²) >= 11 is 1.63. The molecule has 0 bridgehead atoms. The molecule has 1 N–H and O–H groups in total. The van der Waals surface area contributed by atoms with Gasteiger partial charge in [0.25, 0.3) is 5.91 Å². The summed E-state index contributed by atoms with van der Waals surface area (Å²) in [6.07, 6.45) is 0. The molecule has 0 spiro atoms. The SMILES string of the molecule is CN(C)C(=O)c1ccc(CNc2nc(-c3cccs3)nc3ccccc23)cc1. The standard InChI is InChI=1S/C22H20N4OS/c1-26(2)22(27)16-11-9-15(10-12-16)14-23-20-17-6-3-4-7-18(17)24-21(25-20)19-8-5-13-28-19/h3-13H,14H2,1-2H3,(H,23,24,25). The van der Waals surface area contributed by atoms with E-state index in [1.807, 2.05) is 66.0 Å². The Morgan fingerprint density at radius 2 is 1.79 bits per heavy atom. The lowest BCUT2D eigenvalue weighted by Gasteiger charge is -2.12. The molecule has 0 aliphatic rings. The Labute approximate surface area is 167 Å². The molecule has 4 rings (SSSR count). The monoisotopic (exact) mass is 388 g/mol. The van der Waals surface area contributed by atoms with E-state index in [2.05, 4.69) is 5.32 Å². The van der Waals surface area contributed by atoms with E-state index in [-0.39, 0.29) is 5.91 Å². The van der Waals surface area contributed by atoms with Crippen LogP contribution in [0.5, 0.6) is 0 Å². The first kappa shape index (κ1) is 18.1. The molecule has 0 unspecified atom stereocenters. The van der Waals surface area contributed by atoms with Crippen LogP contribution in [0.25, 0.3) is 21.6 Å². The summed E-state index contributed by atoms with van der Waals surface area (Å²) in [5.41, 5.74) is 2.67. The highest BCUT2D eigenvalue weighted by atomic mass is 32.1. The van der Waals surface area contributed by atoms with Crippen LogP contribution in [-0.2, 0) is 6.54 Å². The quantitative estimate of drug-likeness (QED) is 0.540. The van der Waals surface area contributed by atoms with Gasteiger partial charge in [-0.2, -0.15) is 0 Å². The fourth-order valence-electron chi connectivity index (χ4n) is 2.94. The predicted octanol–water partition coefficient (Wildman–Crippen LogP) is 4.67. The topological polar surface area (TPSA) is 58.1 Å². The molecule has 0 radical (unpaired) electrons. The highest BCUT2D eigenvalue weighted by Gasteiger charge is 2.11. The molecule has 4 aromatic rings. The van der Waals surface area contributed by atoms with Crippen LogP contribution in [0, 0.1) is 0 Å². The number of carbonyl (C=O) groups excluding carboxylic acids is 1. The van der Waals surface area contributed by atoms with Gasteiger partial charge in [0, 0.05) is 31.6 Å². The molecule has 0 aliphatic heterocycles. The number of benzene rings is 2. The number of hydrogen-bond donors (Lipinski definition) is 1. The molecule has 28 heavy (non-hydrogen) atoms. The number of amides is 1. The number of rotatable bonds is 5. The van der Waals surface area contributed by atoms with Crippen molar-refractivity contribution in [2.24, 2.45) is 0 Å². The number of hydrogen-bond acceptors (Lipinski definition) is 5. The third kappa shape index (κ3) is 3.73. The summed E-state index contributed by atoms with van der Waals surface area (Å²) < 4.78 is 0. The molecule has 0 aliphatic carbocycles. The van der Waals surface area contributed by atoms with E-state index in [9.17, 15) is 4.79 Å². The Kier molecular flexibility index (Phi) is 5.04. The summed E-state index contributed by atoms with van der Waals surface area (Å²) in [7, 11) is 3.51. The Balaban J connectivity index is 1.60. The Bertz CT molecular complexity index is 1110. The number of thiophene rings is 1. The number of fused-ring (bicyclic) bond motifs is 1. The van der Waals surface area contributed by atoms with Crippen molar-refractivity contribution in [2.75, 3.05) is 19.4 Å². The van der Waals surface area contributed by atoms with E-state index >= 15 is 0 Å². The Morgan fingerprint density at radius 3 is 2.50 bits per heavy atom. The summed E-state index contributed by atoms with van der Waals surface area (Å²) in [4.78, 5) is 24.1. The molecule has 0 fully saturated rings.